The molecule has 0 aliphatic carbocycles. The minimum atomic E-state index is -4.77. The summed E-state index contributed by atoms with van der Waals surface area (Å²) in [5.74, 6) is -1.68. The van der Waals surface area contributed by atoms with Crippen molar-refractivity contribution in [3.05, 3.63) is 68.5 Å². The SMILES string of the molecule is Cc1c(-c2cc(C(F)(F)F)nc3sc(C(N)=O)c(NC(=O)c4cc(-c5ccc(Cl)cc5Cl)n[nH]4)c23)cnn1C. The van der Waals surface area contributed by atoms with Crippen LogP contribution in [0.25, 0.3) is 32.6 Å². The zero-order valence-electron chi connectivity index (χ0n) is 19.9. The Balaban J connectivity index is 1.65. The Bertz CT molecular complexity index is 1790. The molecule has 0 unspecified atom stereocenters. The van der Waals surface area contributed by atoms with Crippen LogP contribution in [0.2, 0.25) is 10.0 Å². The van der Waals surface area contributed by atoms with Gasteiger partial charge in [-0.15, -0.1) is 11.3 Å². The van der Waals surface area contributed by atoms with Gasteiger partial charge in [-0.3, -0.25) is 19.4 Å². The quantitative estimate of drug-likeness (QED) is 0.227. The summed E-state index contributed by atoms with van der Waals surface area (Å²) in [7, 11) is 1.63. The average Bonchev–Trinajstić information content (AvgIpc) is 3.56. The highest BCUT2D eigenvalue weighted by Crippen LogP contribution is 2.44. The number of anilines is 1. The molecule has 0 atom stereocenters. The Kier molecular flexibility index (Phi) is 6.61. The molecule has 4 N–H and O–H groups in total. The van der Waals surface area contributed by atoms with E-state index in [2.05, 4.69) is 25.6 Å². The number of H-pyrrole nitrogens is 1. The summed E-state index contributed by atoms with van der Waals surface area (Å²) in [5.41, 5.74) is 6.15. The molecule has 5 aromatic rings. The number of hydrogen-bond donors (Lipinski definition) is 3. The first-order chi connectivity index (χ1) is 18.3. The zero-order chi connectivity index (χ0) is 28.2. The van der Waals surface area contributed by atoms with E-state index in [1.807, 2.05) is 0 Å². The topological polar surface area (TPSA) is 132 Å². The molecule has 0 saturated heterocycles. The maximum absolute atomic E-state index is 13.7. The van der Waals surface area contributed by atoms with Gasteiger partial charge in [-0.25, -0.2) is 4.98 Å². The molecule has 1 aromatic carbocycles. The molecule has 0 saturated carbocycles. The van der Waals surface area contributed by atoms with E-state index in [-0.39, 0.29) is 32.0 Å². The minimum Gasteiger partial charge on any atom is -0.365 e. The fourth-order valence-corrected chi connectivity index (χ4v) is 5.48. The van der Waals surface area contributed by atoms with Gasteiger partial charge in [-0.1, -0.05) is 23.2 Å². The largest absolute Gasteiger partial charge is 0.433 e. The Hall–Kier alpha value is -3.94. The zero-order valence-corrected chi connectivity index (χ0v) is 22.3. The van der Waals surface area contributed by atoms with E-state index in [0.29, 0.717) is 43.9 Å². The Morgan fingerprint density at radius 3 is 2.49 bits per heavy atom. The lowest BCUT2D eigenvalue weighted by molar-refractivity contribution is -0.140. The lowest BCUT2D eigenvalue weighted by Crippen LogP contribution is -2.17. The molecule has 0 fully saturated rings. The number of nitrogens with two attached hydrogens (primary N) is 1. The second-order valence-electron chi connectivity index (χ2n) is 8.42. The molecule has 15 heteroatoms. The van der Waals surface area contributed by atoms with Gasteiger partial charge >= 0.3 is 6.18 Å². The predicted molar refractivity (Wildman–Crippen MR) is 142 cm³/mol. The summed E-state index contributed by atoms with van der Waals surface area (Å²) in [5, 5.41) is 14.3. The maximum Gasteiger partial charge on any atom is 0.433 e. The minimum absolute atomic E-state index is 0.00948. The molecule has 4 aromatic heterocycles. The molecular formula is C24H16Cl2F3N7O2S. The van der Waals surface area contributed by atoms with Gasteiger partial charge in [0.1, 0.15) is 21.1 Å². The van der Waals surface area contributed by atoms with Crippen LogP contribution in [0.1, 0.15) is 31.5 Å². The summed E-state index contributed by atoms with van der Waals surface area (Å²) >= 11 is 12.8. The summed E-state index contributed by atoms with van der Waals surface area (Å²) < 4.78 is 42.7. The van der Waals surface area contributed by atoms with Gasteiger partial charge in [0.15, 0.2) is 0 Å². The van der Waals surface area contributed by atoms with Crippen molar-refractivity contribution in [1.29, 1.82) is 0 Å². The van der Waals surface area contributed by atoms with Gasteiger partial charge in [0.25, 0.3) is 11.8 Å². The molecule has 0 aliphatic rings. The number of primary amides is 1. The molecule has 200 valence electrons. The summed E-state index contributed by atoms with van der Waals surface area (Å²) in [6.45, 7) is 1.68. The number of nitrogens with zero attached hydrogens (tertiary/aromatic N) is 4. The standard InChI is InChI=1S/C24H16Cl2F3N7O2S/c1-9-13(8-31-36(9)2)12-6-17(24(27,28)29)32-23-18(12)19(20(39-23)21(30)37)33-22(38)16-7-15(34-35-16)11-4-3-10(25)5-14(11)26/h3-8H,1-2H3,(H2,30,37)(H,33,38)(H,34,35). The number of benzene rings is 1. The van der Waals surface area contributed by atoms with Crippen LogP contribution in [0.3, 0.4) is 0 Å². The number of nitrogens with one attached hydrogen (secondary N) is 2. The van der Waals surface area contributed by atoms with Gasteiger partial charge in [0.2, 0.25) is 0 Å². The van der Waals surface area contributed by atoms with Gasteiger partial charge in [0.05, 0.1) is 22.6 Å². The fourth-order valence-electron chi connectivity index (χ4n) is 3.97. The van der Waals surface area contributed by atoms with Crippen LogP contribution in [0.4, 0.5) is 18.9 Å². The molecular weight excluding hydrogens is 578 g/mol. The van der Waals surface area contributed by atoms with Crippen LogP contribution >= 0.6 is 34.5 Å². The molecule has 9 nitrogen and oxygen atoms in total. The van der Waals surface area contributed by atoms with Gasteiger partial charge in [-0.05, 0) is 42.8 Å². The van der Waals surface area contributed by atoms with Crippen molar-refractivity contribution in [2.24, 2.45) is 12.8 Å². The smallest absolute Gasteiger partial charge is 0.365 e. The number of fused-ring (bicyclic) bond motifs is 1. The van der Waals surface area contributed by atoms with Crippen molar-refractivity contribution in [2.45, 2.75) is 13.1 Å². The highest BCUT2D eigenvalue weighted by Gasteiger charge is 2.35. The first-order valence-corrected chi connectivity index (χ1v) is 12.6. The first kappa shape index (κ1) is 26.7. The number of amides is 2. The van der Waals surface area contributed by atoms with E-state index in [1.54, 1.807) is 26.1 Å². The fraction of sp³-hybridized carbons (Fsp3) is 0.125. The van der Waals surface area contributed by atoms with Crippen LogP contribution < -0.4 is 11.1 Å². The molecule has 4 heterocycles. The average molecular weight is 594 g/mol. The molecule has 0 aliphatic heterocycles. The van der Waals surface area contributed by atoms with Crippen LogP contribution in [-0.4, -0.2) is 36.8 Å². The lowest BCUT2D eigenvalue weighted by Gasteiger charge is -2.12. The van der Waals surface area contributed by atoms with E-state index in [0.717, 1.165) is 6.07 Å². The lowest BCUT2D eigenvalue weighted by atomic mass is 10.0. The highest BCUT2D eigenvalue weighted by atomic mass is 35.5. The van der Waals surface area contributed by atoms with Crippen molar-refractivity contribution < 1.29 is 22.8 Å². The number of pyridine rings is 1. The van der Waals surface area contributed by atoms with E-state index in [4.69, 9.17) is 28.9 Å². The van der Waals surface area contributed by atoms with E-state index in [1.165, 1.54) is 23.0 Å². The van der Waals surface area contributed by atoms with Crippen molar-refractivity contribution >= 4 is 62.3 Å². The van der Waals surface area contributed by atoms with Crippen molar-refractivity contribution in [3.8, 4) is 22.4 Å². The molecule has 2 amide bonds. The number of alkyl halides is 3. The van der Waals surface area contributed by atoms with E-state index in [9.17, 15) is 22.8 Å². The van der Waals surface area contributed by atoms with Gasteiger partial charge in [-0.2, -0.15) is 23.4 Å². The monoisotopic (exact) mass is 593 g/mol. The van der Waals surface area contributed by atoms with Gasteiger partial charge in [0, 0.05) is 34.3 Å². The van der Waals surface area contributed by atoms with Crippen molar-refractivity contribution in [1.82, 2.24) is 25.0 Å². The van der Waals surface area contributed by atoms with Crippen molar-refractivity contribution in [2.75, 3.05) is 5.32 Å². The second-order valence-corrected chi connectivity index (χ2v) is 10.3. The van der Waals surface area contributed by atoms with Gasteiger partial charge < -0.3 is 11.1 Å². The third-order valence-electron chi connectivity index (χ3n) is 5.97. The number of aromatic nitrogens is 5. The van der Waals surface area contributed by atoms with Crippen molar-refractivity contribution in [3.63, 3.8) is 0 Å². The van der Waals surface area contributed by atoms with Crippen LogP contribution in [0.15, 0.2) is 36.5 Å². The number of carbonyl (C=O) groups is 2. The summed E-state index contributed by atoms with van der Waals surface area (Å²) in [6, 6.07) is 7.05. The van der Waals surface area contributed by atoms with Crippen LogP contribution in [0, 0.1) is 6.92 Å². The molecule has 39 heavy (non-hydrogen) atoms. The number of thiophene rings is 1. The number of rotatable bonds is 5. The normalized spacial score (nSPS) is 11.8. The summed E-state index contributed by atoms with van der Waals surface area (Å²) in [4.78, 5) is 29.0. The summed E-state index contributed by atoms with van der Waals surface area (Å²) in [6.07, 6.45) is -3.37. The van der Waals surface area contributed by atoms with Crippen LogP contribution in [0.5, 0.6) is 0 Å². The predicted octanol–water partition coefficient (Wildman–Crippen LogP) is 6.07. The van der Waals surface area contributed by atoms with E-state index < -0.39 is 23.7 Å². The number of aromatic amines is 1. The Morgan fingerprint density at radius 2 is 1.87 bits per heavy atom. The first-order valence-electron chi connectivity index (χ1n) is 11.0. The molecule has 5 rings (SSSR count). The number of carbonyl (C=O) groups excluding carboxylic acids is 2. The number of halogens is 5. The highest BCUT2D eigenvalue weighted by molar-refractivity contribution is 7.21. The molecule has 0 spiro atoms. The Morgan fingerprint density at radius 1 is 1.13 bits per heavy atom. The third-order valence-corrected chi connectivity index (χ3v) is 7.62. The third kappa shape index (κ3) is 4.84. The second kappa shape index (κ2) is 9.67. The van der Waals surface area contributed by atoms with Crippen LogP contribution in [-0.2, 0) is 13.2 Å². The molecule has 0 radical (unpaired) electrons. The maximum atomic E-state index is 13.7. The molecule has 0 bridgehead atoms. The Labute approximate surface area is 231 Å². The number of aryl methyl sites for hydroxylation is 1. The van der Waals surface area contributed by atoms with E-state index >= 15 is 0 Å². The number of hydrogen-bond acceptors (Lipinski definition) is 6.